The number of nitrogens with two attached hydrogens (primary N) is 1. The predicted molar refractivity (Wildman–Crippen MR) is 162 cm³/mol. The summed E-state index contributed by atoms with van der Waals surface area (Å²) in [5.41, 5.74) is 7.80. The molecule has 0 aliphatic carbocycles. The van der Waals surface area contributed by atoms with Crippen LogP contribution in [-0.4, -0.2) is 62.0 Å². The van der Waals surface area contributed by atoms with E-state index in [-0.39, 0.29) is 55.3 Å². The van der Waals surface area contributed by atoms with Crippen LogP contribution in [0.4, 0.5) is 11.4 Å². The number of amides is 2. The Labute approximate surface area is 245 Å². The third-order valence-electron chi connectivity index (χ3n) is 7.90. The fraction of sp³-hybridized carbons (Fsp3) is 0.375. The number of ether oxygens (including phenoxy) is 1. The number of carbonyl (C=O) groups excluding carboxylic acids is 3. The minimum Gasteiger partial charge on any atom is -0.496 e. The summed E-state index contributed by atoms with van der Waals surface area (Å²) < 4.78 is 5.69. The highest BCUT2D eigenvalue weighted by molar-refractivity contribution is 6.06. The minimum atomic E-state index is -1.03. The molecule has 1 aliphatic heterocycles. The van der Waals surface area contributed by atoms with Crippen LogP contribution in [0.2, 0.25) is 0 Å². The second-order valence-electron chi connectivity index (χ2n) is 10.5. The van der Waals surface area contributed by atoms with Crippen molar-refractivity contribution < 1.29 is 29.0 Å². The van der Waals surface area contributed by atoms with Gasteiger partial charge in [0.15, 0.2) is 0 Å². The normalized spacial score (nSPS) is 15.7. The van der Waals surface area contributed by atoms with Crippen molar-refractivity contribution in [3.05, 3.63) is 65.7 Å². The number of rotatable bonds is 12. The second-order valence-corrected chi connectivity index (χ2v) is 10.5. The minimum absolute atomic E-state index is 0.0657. The molecule has 0 spiro atoms. The number of carboxylic acid groups (broad SMARTS) is 1. The van der Waals surface area contributed by atoms with Gasteiger partial charge in [-0.2, -0.15) is 0 Å². The Morgan fingerprint density at radius 2 is 1.83 bits per heavy atom. The van der Waals surface area contributed by atoms with Crippen molar-refractivity contribution >= 4 is 45.7 Å². The zero-order chi connectivity index (χ0) is 30.4. The molecule has 1 heterocycles. The molecule has 0 saturated carbocycles. The Hall–Kier alpha value is -4.28. The molecule has 4 rings (SSSR count). The smallest absolute Gasteiger partial charge is 0.335 e. The van der Waals surface area contributed by atoms with Crippen LogP contribution < -0.4 is 25.6 Å². The molecule has 0 aromatic heterocycles. The van der Waals surface area contributed by atoms with E-state index in [4.69, 9.17) is 10.5 Å². The molecule has 10 nitrogen and oxygen atoms in total. The van der Waals surface area contributed by atoms with Gasteiger partial charge in [-0.05, 0) is 67.9 Å². The first kappa shape index (κ1) is 30.7. The molecule has 10 heteroatoms. The standard InChI is InChI=1S/C32H38N4O6/c1-20(34-2)28(37)10-6-7-23-18-35(30(38)15-16-33)26-8-4-5-9-27(26)36(31(23)39)19-25-24-13-11-22(32(40)41)17-21(24)12-14-29(25)42-3/h4-5,8-9,11-14,17,20,23,34H,6-7,10,15-16,18-19,33H2,1-3H3,(H,40,41). The van der Waals surface area contributed by atoms with E-state index in [0.29, 0.717) is 47.3 Å². The van der Waals surface area contributed by atoms with E-state index < -0.39 is 11.9 Å². The molecule has 0 saturated heterocycles. The summed E-state index contributed by atoms with van der Waals surface area (Å²) in [6, 6.07) is 15.4. The van der Waals surface area contributed by atoms with Gasteiger partial charge in [-0.15, -0.1) is 0 Å². The van der Waals surface area contributed by atoms with Gasteiger partial charge in [0, 0.05) is 31.5 Å². The van der Waals surface area contributed by atoms with Crippen molar-refractivity contribution in [1.29, 1.82) is 0 Å². The average Bonchev–Trinajstić information content (AvgIpc) is 3.11. The number of ketones is 1. The largest absolute Gasteiger partial charge is 0.496 e. The highest BCUT2D eigenvalue weighted by Crippen LogP contribution is 2.39. The molecule has 2 unspecified atom stereocenters. The summed E-state index contributed by atoms with van der Waals surface area (Å²) in [4.78, 5) is 55.0. The molecular formula is C32H38N4O6. The topological polar surface area (TPSA) is 142 Å². The number of nitrogens with zero attached hydrogens (tertiary/aromatic N) is 2. The quantitative estimate of drug-likeness (QED) is 0.297. The predicted octanol–water partition coefficient (Wildman–Crippen LogP) is 3.74. The molecule has 2 amide bonds. The molecule has 1 aliphatic rings. The van der Waals surface area contributed by atoms with E-state index in [9.17, 15) is 24.3 Å². The van der Waals surface area contributed by atoms with Crippen molar-refractivity contribution in [2.24, 2.45) is 11.7 Å². The van der Waals surface area contributed by atoms with Crippen LogP contribution in [0.15, 0.2) is 54.6 Å². The summed E-state index contributed by atoms with van der Waals surface area (Å²) in [5.74, 6) is -1.31. The fourth-order valence-corrected chi connectivity index (χ4v) is 5.45. The van der Waals surface area contributed by atoms with Gasteiger partial charge in [0.2, 0.25) is 11.8 Å². The van der Waals surface area contributed by atoms with Crippen molar-refractivity contribution in [2.45, 2.75) is 45.2 Å². The highest BCUT2D eigenvalue weighted by atomic mass is 16.5. The molecule has 0 bridgehead atoms. The Morgan fingerprint density at radius 3 is 2.50 bits per heavy atom. The van der Waals surface area contributed by atoms with Gasteiger partial charge in [-0.25, -0.2) is 4.79 Å². The summed E-state index contributed by atoms with van der Waals surface area (Å²) in [6.45, 7) is 2.30. The molecule has 3 aromatic carbocycles. The Morgan fingerprint density at radius 1 is 1.10 bits per heavy atom. The van der Waals surface area contributed by atoms with Gasteiger partial charge >= 0.3 is 5.97 Å². The summed E-state index contributed by atoms with van der Waals surface area (Å²) in [6.07, 6.45) is 1.38. The molecule has 4 N–H and O–H groups in total. The van der Waals surface area contributed by atoms with Gasteiger partial charge in [0.05, 0.1) is 42.6 Å². The lowest BCUT2D eigenvalue weighted by atomic mass is 9.96. The van der Waals surface area contributed by atoms with Crippen molar-refractivity contribution in [3.63, 3.8) is 0 Å². The zero-order valence-corrected chi connectivity index (χ0v) is 24.3. The van der Waals surface area contributed by atoms with Crippen LogP contribution in [0, 0.1) is 5.92 Å². The Balaban J connectivity index is 1.78. The van der Waals surface area contributed by atoms with Crippen LogP contribution >= 0.6 is 0 Å². The third-order valence-corrected chi connectivity index (χ3v) is 7.90. The lowest BCUT2D eigenvalue weighted by molar-refractivity contribution is -0.124. The average molecular weight is 575 g/mol. The summed E-state index contributed by atoms with van der Waals surface area (Å²) in [7, 11) is 3.28. The zero-order valence-electron chi connectivity index (χ0n) is 24.3. The van der Waals surface area contributed by atoms with Gasteiger partial charge in [-0.1, -0.05) is 24.3 Å². The van der Waals surface area contributed by atoms with Crippen LogP contribution in [-0.2, 0) is 20.9 Å². The summed E-state index contributed by atoms with van der Waals surface area (Å²) in [5, 5.41) is 13.9. The number of fused-ring (bicyclic) bond motifs is 2. The molecule has 42 heavy (non-hydrogen) atoms. The van der Waals surface area contributed by atoms with Crippen LogP contribution in [0.5, 0.6) is 5.75 Å². The molecule has 222 valence electrons. The van der Waals surface area contributed by atoms with Gasteiger partial charge in [0.25, 0.3) is 0 Å². The van der Waals surface area contributed by atoms with Crippen molar-refractivity contribution in [3.8, 4) is 5.75 Å². The van der Waals surface area contributed by atoms with Crippen LogP contribution in [0.25, 0.3) is 10.8 Å². The van der Waals surface area contributed by atoms with E-state index in [0.717, 1.165) is 5.39 Å². The van der Waals surface area contributed by atoms with E-state index in [1.807, 2.05) is 31.2 Å². The van der Waals surface area contributed by atoms with E-state index in [1.54, 1.807) is 48.2 Å². The Kier molecular flexibility index (Phi) is 9.92. The van der Waals surface area contributed by atoms with Gasteiger partial charge in [0.1, 0.15) is 11.5 Å². The lowest BCUT2D eigenvalue weighted by Gasteiger charge is -2.27. The second kappa shape index (κ2) is 13.6. The number of methoxy groups -OCH3 is 1. The molecular weight excluding hydrogens is 536 g/mol. The number of Topliss-reactive ketones (excluding diaryl/α,β-unsaturated/α-hetero) is 1. The number of aromatic carboxylic acids is 1. The maximum atomic E-state index is 14.3. The van der Waals surface area contributed by atoms with E-state index in [2.05, 4.69) is 5.32 Å². The Bertz CT molecular complexity index is 1490. The SMILES string of the molecule is CNC(C)C(=O)CCCC1CN(C(=O)CCN)c2ccccc2N(Cc2c(OC)ccc3cc(C(=O)O)ccc23)C1=O. The molecule has 0 fully saturated rings. The van der Waals surface area contributed by atoms with E-state index in [1.165, 1.54) is 6.07 Å². The lowest BCUT2D eigenvalue weighted by Crippen LogP contribution is -2.40. The number of anilines is 2. The number of carboxylic acids is 1. The maximum absolute atomic E-state index is 14.3. The fourth-order valence-electron chi connectivity index (χ4n) is 5.45. The number of benzene rings is 3. The first-order valence-electron chi connectivity index (χ1n) is 14.1. The number of para-hydroxylation sites is 2. The number of hydrogen-bond acceptors (Lipinski definition) is 7. The van der Waals surface area contributed by atoms with Crippen LogP contribution in [0.3, 0.4) is 0 Å². The number of hydrogen-bond donors (Lipinski definition) is 3. The summed E-state index contributed by atoms with van der Waals surface area (Å²) >= 11 is 0. The van der Waals surface area contributed by atoms with Crippen molar-refractivity contribution in [2.75, 3.05) is 37.0 Å². The first-order valence-corrected chi connectivity index (χ1v) is 14.1. The van der Waals surface area contributed by atoms with Crippen LogP contribution in [0.1, 0.15) is 48.5 Å². The van der Waals surface area contributed by atoms with Gasteiger partial charge in [-0.3, -0.25) is 14.4 Å². The monoisotopic (exact) mass is 574 g/mol. The van der Waals surface area contributed by atoms with Gasteiger partial charge < -0.3 is 30.7 Å². The van der Waals surface area contributed by atoms with E-state index >= 15 is 0 Å². The number of likely N-dealkylation sites (N-methyl/N-ethyl adjacent to an activating group) is 1. The molecule has 2 atom stereocenters. The molecule has 0 radical (unpaired) electrons. The van der Waals surface area contributed by atoms with Crippen molar-refractivity contribution in [1.82, 2.24) is 5.32 Å². The first-order chi connectivity index (χ1) is 20.2. The highest BCUT2D eigenvalue weighted by Gasteiger charge is 2.36. The number of carbonyl (C=O) groups is 4. The number of nitrogens with one attached hydrogen (secondary N) is 1. The maximum Gasteiger partial charge on any atom is 0.335 e. The third kappa shape index (κ3) is 6.45. The molecule has 3 aromatic rings.